The van der Waals surface area contributed by atoms with Crippen molar-refractivity contribution in [1.82, 2.24) is 9.80 Å². The van der Waals surface area contributed by atoms with Gasteiger partial charge in [0.05, 0.1) is 6.10 Å². The molecule has 0 radical (unpaired) electrons. The maximum atomic E-state index is 12.2. The molecule has 3 atom stereocenters. The van der Waals surface area contributed by atoms with E-state index in [2.05, 4.69) is 26.6 Å². The number of likely N-dealkylation sites (tertiary alicyclic amines) is 1. The van der Waals surface area contributed by atoms with Crippen LogP contribution in [-0.2, 0) is 11.3 Å². The summed E-state index contributed by atoms with van der Waals surface area (Å²) < 4.78 is 0. The average Bonchev–Trinajstić information content (AvgIpc) is 3.04. The van der Waals surface area contributed by atoms with Crippen LogP contribution in [0.4, 0.5) is 0 Å². The van der Waals surface area contributed by atoms with E-state index in [1.54, 1.807) is 18.3 Å². The van der Waals surface area contributed by atoms with Crippen molar-refractivity contribution < 1.29 is 9.90 Å². The van der Waals surface area contributed by atoms with Crippen molar-refractivity contribution in [2.75, 3.05) is 13.1 Å². The summed E-state index contributed by atoms with van der Waals surface area (Å²) in [6.07, 6.45) is 7.92. The van der Waals surface area contributed by atoms with Gasteiger partial charge >= 0.3 is 0 Å². The lowest BCUT2D eigenvalue weighted by Gasteiger charge is -2.42. The molecule has 1 aromatic rings. The maximum absolute atomic E-state index is 12.2. The minimum atomic E-state index is -0.134. The van der Waals surface area contributed by atoms with Crippen molar-refractivity contribution in [3.63, 3.8) is 0 Å². The normalized spacial score (nSPS) is 31.8. The summed E-state index contributed by atoms with van der Waals surface area (Å²) in [6, 6.07) is 2.92. The molecule has 4 rings (SSSR count). The van der Waals surface area contributed by atoms with Crippen LogP contribution < -0.4 is 0 Å². The lowest BCUT2D eigenvalue weighted by atomic mass is 9.86. The number of piperidine rings is 1. The first kappa shape index (κ1) is 17.5. The molecule has 2 aliphatic carbocycles. The molecule has 5 heteroatoms. The highest BCUT2D eigenvalue weighted by Gasteiger charge is 2.58. The van der Waals surface area contributed by atoms with Gasteiger partial charge in [-0.15, -0.1) is 0 Å². The predicted octanol–water partition coefficient (Wildman–Crippen LogP) is 3.25. The Morgan fingerprint density at radius 1 is 1.36 bits per heavy atom. The van der Waals surface area contributed by atoms with Gasteiger partial charge in [-0.2, -0.15) is 11.3 Å². The number of amides is 1. The quantitative estimate of drug-likeness (QED) is 0.894. The van der Waals surface area contributed by atoms with Crippen LogP contribution in [0, 0.1) is 5.41 Å². The number of hydrogen-bond donors (Lipinski definition) is 1. The smallest absolute Gasteiger partial charge is 0.220 e. The van der Waals surface area contributed by atoms with Gasteiger partial charge in [-0.1, -0.05) is 12.8 Å². The Bertz CT molecular complexity index is 595. The number of aliphatic hydroxyl groups excluding tert-OH is 1. The van der Waals surface area contributed by atoms with Crippen molar-refractivity contribution >= 4 is 17.2 Å². The number of thiophene rings is 1. The monoisotopic (exact) mass is 362 g/mol. The summed E-state index contributed by atoms with van der Waals surface area (Å²) in [5, 5.41) is 14.6. The fraction of sp³-hybridized carbons (Fsp3) is 0.750. The fourth-order valence-corrected chi connectivity index (χ4v) is 5.80. The minimum Gasteiger partial charge on any atom is -0.391 e. The number of carbonyl (C=O) groups excluding carboxylic acids is 1. The fourth-order valence-electron chi connectivity index (χ4n) is 5.14. The lowest BCUT2D eigenvalue weighted by Crippen LogP contribution is -2.50. The van der Waals surface area contributed by atoms with Crippen LogP contribution in [0.2, 0.25) is 0 Å². The Kier molecular flexibility index (Phi) is 4.91. The summed E-state index contributed by atoms with van der Waals surface area (Å²) in [5.41, 5.74) is 1.60. The molecular weight excluding hydrogens is 332 g/mol. The first-order chi connectivity index (χ1) is 12.1. The first-order valence-electron chi connectivity index (χ1n) is 9.79. The Morgan fingerprint density at radius 2 is 2.12 bits per heavy atom. The largest absolute Gasteiger partial charge is 0.391 e. The molecule has 3 fully saturated rings. The zero-order valence-electron chi connectivity index (χ0n) is 15.2. The number of carbonyl (C=O) groups is 1. The Balaban J connectivity index is 1.36. The molecule has 4 nitrogen and oxygen atoms in total. The van der Waals surface area contributed by atoms with E-state index < -0.39 is 0 Å². The van der Waals surface area contributed by atoms with Gasteiger partial charge < -0.3 is 10.0 Å². The SMILES string of the molecule is CC(=O)N(Cc1ccsc1)[C@@H]1CC12CCN([C@@H]1CCCC[C@@H]1O)CC2. The van der Waals surface area contributed by atoms with E-state index in [4.69, 9.17) is 0 Å². The second-order valence-corrected chi connectivity index (χ2v) is 9.10. The van der Waals surface area contributed by atoms with E-state index in [0.29, 0.717) is 17.5 Å². The van der Waals surface area contributed by atoms with Gasteiger partial charge in [0, 0.05) is 25.6 Å². The molecule has 0 unspecified atom stereocenters. The van der Waals surface area contributed by atoms with E-state index in [9.17, 15) is 9.90 Å². The van der Waals surface area contributed by atoms with Gasteiger partial charge in [-0.3, -0.25) is 9.69 Å². The van der Waals surface area contributed by atoms with Crippen molar-refractivity contribution in [1.29, 1.82) is 0 Å². The van der Waals surface area contributed by atoms with Crippen molar-refractivity contribution in [2.45, 2.75) is 76.6 Å². The Labute approximate surface area is 154 Å². The lowest BCUT2D eigenvalue weighted by molar-refractivity contribution is -0.130. The van der Waals surface area contributed by atoms with Gasteiger partial charge in [-0.25, -0.2) is 0 Å². The van der Waals surface area contributed by atoms with E-state index in [1.807, 2.05) is 0 Å². The van der Waals surface area contributed by atoms with Gasteiger partial charge in [0.15, 0.2) is 0 Å². The third-order valence-electron chi connectivity index (χ3n) is 6.82. The average molecular weight is 363 g/mol. The van der Waals surface area contributed by atoms with Crippen LogP contribution in [0.25, 0.3) is 0 Å². The molecule has 138 valence electrons. The molecule has 1 aliphatic heterocycles. The van der Waals surface area contributed by atoms with E-state index >= 15 is 0 Å². The molecule has 1 saturated heterocycles. The molecule has 0 aromatic carbocycles. The second kappa shape index (κ2) is 7.01. The van der Waals surface area contributed by atoms with Crippen molar-refractivity contribution in [2.24, 2.45) is 5.41 Å². The first-order valence-corrected chi connectivity index (χ1v) is 10.7. The minimum absolute atomic E-state index is 0.134. The van der Waals surface area contributed by atoms with Gasteiger partial charge in [0.1, 0.15) is 0 Å². The molecule has 2 saturated carbocycles. The summed E-state index contributed by atoms with van der Waals surface area (Å²) in [7, 11) is 0. The highest BCUT2D eigenvalue weighted by molar-refractivity contribution is 7.07. The molecule has 1 amide bonds. The highest BCUT2D eigenvalue weighted by atomic mass is 32.1. The zero-order valence-corrected chi connectivity index (χ0v) is 16.0. The molecule has 2 heterocycles. The van der Waals surface area contributed by atoms with Gasteiger partial charge in [0.2, 0.25) is 5.91 Å². The molecule has 1 N–H and O–H groups in total. The maximum Gasteiger partial charge on any atom is 0.220 e. The number of hydrogen-bond acceptors (Lipinski definition) is 4. The van der Waals surface area contributed by atoms with Crippen LogP contribution in [0.15, 0.2) is 16.8 Å². The van der Waals surface area contributed by atoms with Crippen LogP contribution in [0.1, 0.15) is 57.4 Å². The Hall–Kier alpha value is -0.910. The standard InChI is InChI=1S/C20H30N2O2S/c1-15(23)22(13-16-6-11-25-14-16)19-12-20(19)7-9-21(10-8-20)17-4-2-3-5-18(17)24/h6,11,14,17-19,24H,2-5,7-10,12-13H2,1H3/t17-,18+,19-/m1/s1. The highest BCUT2D eigenvalue weighted by Crippen LogP contribution is 2.57. The molecule has 1 spiro atoms. The third kappa shape index (κ3) is 3.51. The second-order valence-electron chi connectivity index (χ2n) is 8.32. The molecule has 3 aliphatic rings. The van der Waals surface area contributed by atoms with Crippen LogP contribution in [-0.4, -0.2) is 52.1 Å². The molecule has 0 bridgehead atoms. The number of nitrogens with zero attached hydrogens (tertiary/aromatic N) is 2. The summed E-state index contributed by atoms with van der Waals surface area (Å²) in [4.78, 5) is 16.9. The van der Waals surface area contributed by atoms with Crippen LogP contribution in [0.5, 0.6) is 0 Å². The molecular formula is C20H30N2O2S. The number of aliphatic hydroxyl groups is 1. The topological polar surface area (TPSA) is 43.8 Å². The van der Waals surface area contributed by atoms with Gasteiger partial charge in [0.25, 0.3) is 0 Å². The van der Waals surface area contributed by atoms with Crippen molar-refractivity contribution in [3.8, 4) is 0 Å². The van der Waals surface area contributed by atoms with E-state index in [0.717, 1.165) is 38.9 Å². The van der Waals surface area contributed by atoms with E-state index in [1.165, 1.54) is 31.2 Å². The number of rotatable bonds is 4. The van der Waals surface area contributed by atoms with Gasteiger partial charge in [-0.05, 0) is 73.0 Å². The van der Waals surface area contributed by atoms with Crippen LogP contribution >= 0.6 is 11.3 Å². The third-order valence-corrected chi connectivity index (χ3v) is 7.55. The van der Waals surface area contributed by atoms with Crippen LogP contribution in [0.3, 0.4) is 0 Å². The van der Waals surface area contributed by atoms with E-state index in [-0.39, 0.29) is 12.0 Å². The Morgan fingerprint density at radius 3 is 2.76 bits per heavy atom. The molecule has 1 aromatic heterocycles. The predicted molar refractivity (Wildman–Crippen MR) is 100 cm³/mol. The summed E-state index contributed by atoms with van der Waals surface area (Å²) >= 11 is 1.70. The molecule has 25 heavy (non-hydrogen) atoms. The zero-order chi connectivity index (χ0) is 17.4. The van der Waals surface area contributed by atoms with Crippen molar-refractivity contribution in [3.05, 3.63) is 22.4 Å². The summed E-state index contributed by atoms with van der Waals surface area (Å²) in [6.45, 7) is 4.65. The summed E-state index contributed by atoms with van der Waals surface area (Å²) in [5.74, 6) is 0.207.